The summed E-state index contributed by atoms with van der Waals surface area (Å²) in [6.45, 7) is 10.2. The smallest absolute Gasteiger partial charge is 0.399 e. The summed E-state index contributed by atoms with van der Waals surface area (Å²) in [7, 11) is 3.50. The van der Waals surface area contributed by atoms with E-state index in [0.29, 0.717) is 66.4 Å². The average molecular weight is 956 g/mol. The van der Waals surface area contributed by atoms with Crippen molar-refractivity contribution in [1.82, 2.24) is 44.3 Å². The van der Waals surface area contributed by atoms with Gasteiger partial charge in [-0.15, -0.1) is 0 Å². The summed E-state index contributed by atoms with van der Waals surface area (Å²) in [5, 5.41) is 15.1. The first kappa shape index (κ1) is 49.2. The Hall–Kier alpha value is -6.28. The minimum absolute atomic E-state index is 0.0168. The molecule has 0 aliphatic carbocycles. The SMILES string of the molecule is C[C@@H](Nc1ncnc2c1cc(N1CCN(CCCCCCCCCN3CCN(C(=O)CNc4cccc5c(C6CCC(=O)NC6=O)nn(C)c45)CC3)CC1)c(=O)n2C)c1cc(N)cc(C(F)(F)F)c1. The van der Waals surface area contributed by atoms with Crippen molar-refractivity contribution in [1.29, 1.82) is 0 Å². The van der Waals surface area contributed by atoms with E-state index < -0.39 is 23.7 Å². The number of nitrogens with zero attached hydrogens (tertiary/aromatic N) is 9. The van der Waals surface area contributed by atoms with Crippen LogP contribution >= 0.6 is 0 Å². The number of aryl methyl sites for hydroxylation is 2. The number of hydrogen-bond acceptors (Lipinski definition) is 13. The third-order valence-electron chi connectivity index (χ3n) is 13.9. The second-order valence-corrected chi connectivity index (χ2v) is 18.7. The van der Waals surface area contributed by atoms with Gasteiger partial charge in [0.05, 0.1) is 46.4 Å². The number of benzene rings is 2. The first-order chi connectivity index (χ1) is 33.1. The summed E-state index contributed by atoms with van der Waals surface area (Å²) in [6, 6.07) is 10.5. The molecule has 2 aromatic carbocycles. The summed E-state index contributed by atoms with van der Waals surface area (Å²) in [5.41, 5.74) is 8.44. The second kappa shape index (κ2) is 21.6. The van der Waals surface area contributed by atoms with Crippen LogP contribution in [-0.2, 0) is 34.7 Å². The minimum atomic E-state index is -4.53. The van der Waals surface area contributed by atoms with E-state index >= 15 is 0 Å². The molecular formula is C49H64F3N13O4. The number of rotatable bonds is 18. The van der Waals surface area contributed by atoms with Gasteiger partial charge >= 0.3 is 6.18 Å². The fourth-order valence-electron chi connectivity index (χ4n) is 9.96. The number of hydrogen-bond donors (Lipinski definition) is 4. The maximum atomic E-state index is 13.6. The molecule has 5 aromatic rings. The van der Waals surface area contributed by atoms with Gasteiger partial charge in [0, 0.05) is 83.9 Å². The molecule has 6 heterocycles. The zero-order valence-corrected chi connectivity index (χ0v) is 39.8. The Labute approximate surface area is 399 Å². The van der Waals surface area contributed by atoms with Gasteiger partial charge < -0.3 is 26.2 Å². The molecule has 0 saturated carbocycles. The number of halogens is 3. The number of nitrogen functional groups attached to an aromatic ring is 1. The molecule has 0 spiro atoms. The Kier molecular flexibility index (Phi) is 15.4. The van der Waals surface area contributed by atoms with Crippen molar-refractivity contribution >= 4 is 62.5 Å². The summed E-state index contributed by atoms with van der Waals surface area (Å²) >= 11 is 0. The highest BCUT2D eigenvalue weighted by atomic mass is 19.4. The van der Waals surface area contributed by atoms with Crippen molar-refractivity contribution in [2.24, 2.45) is 14.1 Å². The van der Waals surface area contributed by atoms with Gasteiger partial charge in [-0.25, -0.2) is 9.97 Å². The van der Waals surface area contributed by atoms with E-state index in [0.717, 1.165) is 80.8 Å². The van der Waals surface area contributed by atoms with Crippen LogP contribution in [-0.4, -0.2) is 129 Å². The van der Waals surface area contributed by atoms with Gasteiger partial charge in [0.2, 0.25) is 17.7 Å². The molecule has 3 aliphatic rings. The van der Waals surface area contributed by atoms with Crippen molar-refractivity contribution in [3.05, 3.63) is 76.0 Å². The molecule has 370 valence electrons. The number of fused-ring (bicyclic) bond motifs is 2. The highest BCUT2D eigenvalue weighted by Crippen LogP contribution is 2.35. The maximum absolute atomic E-state index is 13.6. The topological polar surface area (TPSA) is 192 Å². The summed E-state index contributed by atoms with van der Waals surface area (Å²) in [5.74, 6) is -0.605. The number of pyridine rings is 1. The third kappa shape index (κ3) is 11.6. The monoisotopic (exact) mass is 956 g/mol. The van der Waals surface area contributed by atoms with E-state index in [4.69, 9.17) is 5.73 Å². The van der Waals surface area contributed by atoms with Crippen molar-refractivity contribution in [2.75, 3.05) is 93.3 Å². The lowest BCUT2D eigenvalue weighted by molar-refractivity contribution is -0.138. The van der Waals surface area contributed by atoms with Crippen LogP contribution < -0.4 is 32.1 Å². The lowest BCUT2D eigenvalue weighted by Crippen LogP contribution is -2.50. The van der Waals surface area contributed by atoms with Gasteiger partial charge in [-0.3, -0.25) is 43.5 Å². The van der Waals surface area contributed by atoms with E-state index in [9.17, 15) is 32.3 Å². The number of nitrogens with one attached hydrogen (secondary N) is 3. The highest BCUT2D eigenvalue weighted by molar-refractivity contribution is 6.03. The van der Waals surface area contributed by atoms with Crippen LogP contribution in [0.25, 0.3) is 21.9 Å². The molecule has 17 nitrogen and oxygen atoms in total. The number of nitrogens with two attached hydrogens (primary N) is 1. The molecule has 0 radical (unpaired) electrons. The number of aromatic nitrogens is 5. The molecule has 20 heteroatoms. The van der Waals surface area contributed by atoms with Crippen molar-refractivity contribution in [3.63, 3.8) is 0 Å². The molecular weight excluding hydrogens is 892 g/mol. The van der Waals surface area contributed by atoms with Gasteiger partial charge in [0.15, 0.2) is 0 Å². The van der Waals surface area contributed by atoms with Crippen LogP contribution in [0, 0.1) is 0 Å². The molecule has 8 rings (SSSR count). The van der Waals surface area contributed by atoms with E-state index in [1.165, 1.54) is 49.1 Å². The Bertz CT molecular complexity index is 2710. The maximum Gasteiger partial charge on any atom is 0.416 e. The zero-order chi connectivity index (χ0) is 48.8. The number of alkyl halides is 3. The summed E-state index contributed by atoms with van der Waals surface area (Å²) < 4.78 is 43.8. The predicted octanol–water partition coefficient (Wildman–Crippen LogP) is 5.62. The Morgan fingerprint density at radius 2 is 1.52 bits per heavy atom. The number of carbonyl (C=O) groups excluding carboxylic acids is 3. The van der Waals surface area contributed by atoms with Crippen molar-refractivity contribution < 1.29 is 27.6 Å². The number of piperazine rings is 2. The van der Waals surface area contributed by atoms with E-state index in [2.05, 4.69) is 45.7 Å². The molecule has 2 atom stereocenters. The number of piperidine rings is 1. The lowest BCUT2D eigenvalue weighted by Gasteiger charge is -2.36. The molecule has 3 fully saturated rings. The van der Waals surface area contributed by atoms with Gasteiger partial charge in [-0.05, 0) is 75.2 Å². The predicted molar refractivity (Wildman–Crippen MR) is 261 cm³/mol. The van der Waals surface area contributed by atoms with E-state index in [-0.39, 0.29) is 41.9 Å². The number of imide groups is 1. The molecule has 0 bridgehead atoms. The summed E-state index contributed by atoms with van der Waals surface area (Å²) in [4.78, 5) is 68.8. The van der Waals surface area contributed by atoms with Crippen LogP contribution in [0.2, 0.25) is 0 Å². The number of carbonyl (C=O) groups is 3. The van der Waals surface area contributed by atoms with Crippen LogP contribution in [0.5, 0.6) is 0 Å². The fourth-order valence-corrected chi connectivity index (χ4v) is 9.96. The number of anilines is 4. The Balaban J connectivity index is 0.700. The van der Waals surface area contributed by atoms with Crippen molar-refractivity contribution in [3.8, 4) is 0 Å². The van der Waals surface area contributed by atoms with Crippen molar-refractivity contribution in [2.45, 2.75) is 82.8 Å². The van der Waals surface area contributed by atoms with E-state index in [1.807, 2.05) is 30.1 Å². The molecule has 5 N–H and O–H groups in total. The number of unbranched alkanes of at least 4 members (excludes halogenated alkanes) is 6. The van der Waals surface area contributed by atoms with Crippen LogP contribution in [0.1, 0.15) is 93.5 Å². The molecule has 69 heavy (non-hydrogen) atoms. The van der Waals surface area contributed by atoms with E-state index in [1.54, 1.807) is 24.7 Å². The van der Waals surface area contributed by atoms with Crippen LogP contribution in [0.4, 0.5) is 36.1 Å². The molecule has 3 aliphatic heterocycles. The fraction of sp³-hybridized carbons (Fsp3) is 0.531. The minimum Gasteiger partial charge on any atom is -0.399 e. The largest absolute Gasteiger partial charge is 0.416 e. The van der Waals surface area contributed by atoms with Crippen LogP contribution in [0.15, 0.2) is 53.6 Å². The number of amides is 3. The molecule has 3 saturated heterocycles. The van der Waals surface area contributed by atoms with Crippen LogP contribution in [0.3, 0.4) is 0 Å². The Morgan fingerprint density at radius 1 is 0.855 bits per heavy atom. The standard InChI is InChI=1S/C49H64F3N13O4/c1-32(33-26-34(49(50,51)52)28-35(53)27-33)57-45-38-29-40(48(69)60(2)46(38)56-31-55-45)64-22-18-62(19-23-64)16-9-7-5-4-6-8-10-17-63-20-24-65(25-21-63)42(67)30-54-39-13-11-12-36-43(59-61(3)44(36)39)37-14-15-41(66)58-47(37)68/h11-13,26-29,31-32,37,54H,4-10,14-25,30,53H2,1-3H3,(H,55,56,57)(H,58,66,68)/t32-,37?/m1/s1. The Morgan fingerprint density at radius 3 is 2.19 bits per heavy atom. The van der Waals surface area contributed by atoms with Gasteiger partial charge in [0.25, 0.3) is 5.56 Å². The molecule has 3 amide bonds. The summed E-state index contributed by atoms with van der Waals surface area (Å²) in [6.07, 6.45) is 5.79. The quantitative estimate of drug-likeness (QED) is 0.0482. The zero-order valence-electron chi connectivity index (χ0n) is 39.8. The molecule has 1 unspecified atom stereocenters. The first-order valence-corrected chi connectivity index (χ1v) is 24.2. The van der Waals surface area contributed by atoms with Gasteiger partial charge in [0.1, 0.15) is 23.5 Å². The second-order valence-electron chi connectivity index (χ2n) is 18.7. The number of para-hydroxylation sites is 1. The normalized spacial score (nSPS) is 18.0. The van der Waals surface area contributed by atoms with Gasteiger partial charge in [-0.1, -0.05) is 44.2 Å². The average Bonchev–Trinajstić information content (AvgIpc) is 3.67. The third-order valence-corrected chi connectivity index (χ3v) is 13.9. The highest BCUT2D eigenvalue weighted by Gasteiger charge is 2.33. The first-order valence-electron chi connectivity index (χ1n) is 24.2. The van der Waals surface area contributed by atoms with Gasteiger partial charge in [-0.2, -0.15) is 18.3 Å². The molecule has 3 aromatic heterocycles. The lowest BCUT2D eigenvalue weighted by atomic mass is 9.92.